The summed E-state index contributed by atoms with van der Waals surface area (Å²) in [7, 11) is 1.69. The summed E-state index contributed by atoms with van der Waals surface area (Å²) in [5.74, 6) is 0.536. The normalized spacial score (nSPS) is 14.3. The molecule has 0 heterocycles. The van der Waals surface area contributed by atoms with Gasteiger partial charge < -0.3 is 9.47 Å². The van der Waals surface area contributed by atoms with Gasteiger partial charge in [0.2, 0.25) is 0 Å². The number of benzene rings is 2. The molecule has 0 N–H and O–H groups in total. The van der Waals surface area contributed by atoms with Crippen LogP contribution in [0.2, 0.25) is 0 Å². The van der Waals surface area contributed by atoms with E-state index in [1.54, 1.807) is 13.2 Å². The van der Waals surface area contributed by atoms with E-state index >= 15 is 0 Å². The Hall–Kier alpha value is -1.98. The lowest BCUT2D eigenvalue weighted by atomic mass is 10.1. The van der Waals surface area contributed by atoms with Crippen LogP contribution in [0, 0.1) is 20.7 Å². The zero-order valence-corrected chi connectivity index (χ0v) is 16.5. The van der Waals surface area contributed by atoms with E-state index in [1.807, 2.05) is 18.2 Å². The fraction of sp³-hybridized carbons (Fsp3) is 0.300. The van der Waals surface area contributed by atoms with Crippen molar-refractivity contribution in [3.05, 3.63) is 56.4 Å². The number of nitriles is 1. The van der Waals surface area contributed by atoms with Crippen molar-refractivity contribution in [3.63, 3.8) is 0 Å². The number of nitrogens with zero attached hydrogens (tertiary/aromatic N) is 2. The molecule has 0 saturated carbocycles. The molecule has 26 heavy (non-hydrogen) atoms. The zero-order chi connectivity index (χ0) is 18.5. The number of halogens is 2. The van der Waals surface area contributed by atoms with Crippen molar-refractivity contribution in [1.29, 1.82) is 5.26 Å². The third-order valence-electron chi connectivity index (χ3n) is 4.16. The molecule has 6 heteroatoms. The smallest absolute Gasteiger partial charge is 0.131 e. The van der Waals surface area contributed by atoms with E-state index in [9.17, 15) is 4.39 Å². The molecule has 3 rings (SSSR count). The Morgan fingerprint density at radius 3 is 2.88 bits per heavy atom. The number of hydrogen-bond acceptors (Lipinski definition) is 4. The van der Waals surface area contributed by atoms with Gasteiger partial charge in [0.25, 0.3) is 0 Å². The third-order valence-corrected chi connectivity index (χ3v) is 5.06. The lowest BCUT2D eigenvalue weighted by Gasteiger charge is -2.12. The van der Waals surface area contributed by atoms with E-state index in [1.165, 1.54) is 12.1 Å². The highest BCUT2D eigenvalue weighted by Gasteiger charge is 2.24. The largest absolute Gasteiger partial charge is 0.457 e. The molecular formula is C20H18FIN2O2. The number of methoxy groups -OCH3 is 1. The minimum Gasteiger partial charge on any atom is -0.457 e. The second kappa shape index (κ2) is 8.60. The van der Waals surface area contributed by atoms with Crippen molar-refractivity contribution < 1.29 is 13.9 Å². The highest BCUT2D eigenvalue weighted by Crippen LogP contribution is 2.37. The second-order valence-electron chi connectivity index (χ2n) is 5.96. The van der Waals surface area contributed by atoms with Gasteiger partial charge in [-0.25, -0.2) is 4.39 Å². The van der Waals surface area contributed by atoms with Gasteiger partial charge in [0.1, 0.15) is 17.3 Å². The summed E-state index contributed by atoms with van der Waals surface area (Å²) in [4.78, 5) is 4.73. The van der Waals surface area contributed by atoms with E-state index < -0.39 is 5.82 Å². The van der Waals surface area contributed by atoms with Crippen LogP contribution in [0.5, 0.6) is 11.5 Å². The molecular weight excluding hydrogens is 446 g/mol. The standard InChI is InChI=1S/C20H18FIN2O2/c1-25-8-2-7-24-18-5-3-16-19(6-4-17(22)20(16)18)26-15-10-13(12-23)9-14(21)11-15/h4,6,9-11H,2-3,5,7-8H2,1H3/b24-18-. The van der Waals surface area contributed by atoms with Crippen LogP contribution in [-0.2, 0) is 11.2 Å². The lowest BCUT2D eigenvalue weighted by Crippen LogP contribution is -2.02. The van der Waals surface area contributed by atoms with Crippen molar-refractivity contribution >= 4 is 28.3 Å². The summed E-state index contributed by atoms with van der Waals surface area (Å²) in [5, 5.41) is 9.00. The molecule has 0 amide bonds. The molecule has 1 aliphatic rings. The van der Waals surface area contributed by atoms with Gasteiger partial charge in [-0.3, -0.25) is 4.99 Å². The minimum atomic E-state index is -0.485. The maximum Gasteiger partial charge on any atom is 0.131 e. The van der Waals surface area contributed by atoms with E-state index in [-0.39, 0.29) is 5.56 Å². The first kappa shape index (κ1) is 18.8. The molecule has 0 unspecified atom stereocenters. The van der Waals surface area contributed by atoms with Crippen LogP contribution < -0.4 is 4.74 Å². The van der Waals surface area contributed by atoms with E-state index in [0.717, 1.165) is 46.2 Å². The van der Waals surface area contributed by atoms with Crippen LogP contribution in [0.1, 0.15) is 29.5 Å². The van der Waals surface area contributed by atoms with Gasteiger partial charge in [-0.05, 0) is 66.1 Å². The molecule has 0 bridgehead atoms. The maximum atomic E-state index is 13.7. The molecule has 0 aromatic heterocycles. The summed E-state index contributed by atoms with van der Waals surface area (Å²) >= 11 is 2.31. The van der Waals surface area contributed by atoms with Crippen LogP contribution in [-0.4, -0.2) is 26.0 Å². The monoisotopic (exact) mass is 464 g/mol. The van der Waals surface area contributed by atoms with Gasteiger partial charge in [0, 0.05) is 46.7 Å². The van der Waals surface area contributed by atoms with Gasteiger partial charge in [-0.15, -0.1) is 0 Å². The van der Waals surface area contributed by atoms with Crippen molar-refractivity contribution in [2.75, 3.05) is 20.3 Å². The van der Waals surface area contributed by atoms with Crippen LogP contribution in [0.15, 0.2) is 35.3 Å². The number of aliphatic imine (C=N–C) groups is 1. The number of hydrogen-bond donors (Lipinski definition) is 0. The molecule has 1 aliphatic carbocycles. The topological polar surface area (TPSA) is 54.6 Å². The quantitative estimate of drug-likeness (QED) is 0.453. The lowest BCUT2D eigenvalue weighted by molar-refractivity contribution is 0.197. The predicted molar refractivity (Wildman–Crippen MR) is 107 cm³/mol. The fourth-order valence-corrected chi connectivity index (χ4v) is 3.84. The van der Waals surface area contributed by atoms with Gasteiger partial charge in [0.15, 0.2) is 0 Å². The Balaban J connectivity index is 1.89. The van der Waals surface area contributed by atoms with Crippen LogP contribution in [0.25, 0.3) is 0 Å². The van der Waals surface area contributed by atoms with Gasteiger partial charge in [-0.1, -0.05) is 0 Å². The summed E-state index contributed by atoms with van der Waals surface area (Å²) in [6.45, 7) is 1.43. The first-order chi connectivity index (χ1) is 12.6. The first-order valence-electron chi connectivity index (χ1n) is 8.35. The minimum absolute atomic E-state index is 0.238. The Morgan fingerprint density at radius 1 is 1.27 bits per heavy atom. The number of rotatable bonds is 6. The number of fused-ring (bicyclic) bond motifs is 1. The summed E-state index contributed by atoms with van der Waals surface area (Å²) in [6, 6.07) is 9.85. The number of ether oxygens (including phenoxy) is 2. The van der Waals surface area contributed by atoms with Crippen molar-refractivity contribution in [2.45, 2.75) is 19.3 Å². The molecule has 2 aromatic carbocycles. The highest BCUT2D eigenvalue weighted by molar-refractivity contribution is 14.1. The molecule has 0 atom stereocenters. The van der Waals surface area contributed by atoms with Gasteiger partial charge in [0.05, 0.1) is 11.6 Å². The Bertz CT molecular complexity index is 890. The van der Waals surface area contributed by atoms with Crippen LogP contribution in [0.4, 0.5) is 4.39 Å². The maximum absolute atomic E-state index is 13.7. The highest BCUT2D eigenvalue weighted by atomic mass is 127. The van der Waals surface area contributed by atoms with E-state index in [0.29, 0.717) is 18.1 Å². The molecule has 2 aromatic rings. The molecule has 0 radical (unpaired) electrons. The fourth-order valence-electron chi connectivity index (χ4n) is 3.02. The molecule has 134 valence electrons. The average Bonchev–Trinajstić information content (AvgIpc) is 3.06. The van der Waals surface area contributed by atoms with E-state index in [2.05, 4.69) is 22.6 Å². The molecule has 4 nitrogen and oxygen atoms in total. The van der Waals surface area contributed by atoms with E-state index in [4.69, 9.17) is 19.7 Å². The summed E-state index contributed by atoms with van der Waals surface area (Å²) in [5.41, 5.74) is 3.54. The van der Waals surface area contributed by atoms with Crippen molar-refractivity contribution in [3.8, 4) is 17.6 Å². The molecule has 0 spiro atoms. The Labute approximate surface area is 165 Å². The second-order valence-corrected chi connectivity index (χ2v) is 7.13. The molecule has 0 aliphatic heterocycles. The summed E-state index contributed by atoms with van der Waals surface area (Å²) in [6.07, 6.45) is 2.60. The third kappa shape index (κ3) is 4.22. The van der Waals surface area contributed by atoms with Gasteiger partial charge >= 0.3 is 0 Å². The first-order valence-corrected chi connectivity index (χ1v) is 9.43. The van der Waals surface area contributed by atoms with Crippen molar-refractivity contribution in [1.82, 2.24) is 0 Å². The Kier molecular flexibility index (Phi) is 6.22. The van der Waals surface area contributed by atoms with Crippen LogP contribution >= 0.6 is 22.6 Å². The average molecular weight is 464 g/mol. The molecule has 0 saturated heterocycles. The SMILES string of the molecule is COCCC/N=C1/CCc2c(Oc3cc(F)cc(C#N)c3)ccc(I)c21. The summed E-state index contributed by atoms with van der Waals surface area (Å²) < 4.78 is 25.8. The van der Waals surface area contributed by atoms with Crippen molar-refractivity contribution in [2.24, 2.45) is 4.99 Å². The zero-order valence-electron chi connectivity index (χ0n) is 14.4. The molecule has 0 fully saturated rings. The van der Waals surface area contributed by atoms with Crippen LogP contribution in [0.3, 0.4) is 0 Å². The Morgan fingerprint density at radius 2 is 2.12 bits per heavy atom. The van der Waals surface area contributed by atoms with Gasteiger partial charge in [-0.2, -0.15) is 5.26 Å². The predicted octanol–water partition coefficient (Wildman–Crippen LogP) is 4.87.